The Morgan fingerprint density at radius 3 is 2.39 bits per heavy atom. The van der Waals surface area contributed by atoms with Crippen molar-refractivity contribution in [1.29, 1.82) is 0 Å². The third-order valence-corrected chi connectivity index (χ3v) is 2.68. The molecule has 0 aliphatic heterocycles. The molecule has 0 aromatic carbocycles. The first-order valence-electron chi connectivity index (χ1n) is 5.78. The van der Waals surface area contributed by atoms with Gasteiger partial charge in [-0.3, -0.25) is 9.88 Å². The molecule has 1 heterocycles. The van der Waals surface area contributed by atoms with Crippen molar-refractivity contribution in [2.75, 3.05) is 13.1 Å². The second-order valence-electron chi connectivity index (χ2n) is 4.39. The van der Waals surface area contributed by atoms with Crippen LogP contribution in [-0.4, -0.2) is 35.2 Å². The highest BCUT2D eigenvalue weighted by Gasteiger charge is 2.35. The molecular weight excluding hydrogens is 243 g/mol. The van der Waals surface area contributed by atoms with E-state index in [4.69, 9.17) is 5.73 Å². The molecule has 0 radical (unpaired) electrons. The van der Waals surface area contributed by atoms with E-state index < -0.39 is 18.8 Å². The van der Waals surface area contributed by atoms with Gasteiger partial charge < -0.3 is 5.73 Å². The number of aromatic nitrogens is 1. The maximum absolute atomic E-state index is 12.6. The van der Waals surface area contributed by atoms with Gasteiger partial charge in [-0.2, -0.15) is 13.2 Å². The fraction of sp³-hybridized carbons (Fsp3) is 0.583. The summed E-state index contributed by atoms with van der Waals surface area (Å²) in [6.07, 6.45) is -2.68. The van der Waals surface area contributed by atoms with Gasteiger partial charge in [-0.05, 0) is 26.0 Å². The van der Waals surface area contributed by atoms with Gasteiger partial charge in [0.15, 0.2) is 0 Å². The molecule has 2 N–H and O–H groups in total. The second-order valence-corrected chi connectivity index (χ2v) is 4.39. The van der Waals surface area contributed by atoms with Gasteiger partial charge in [0, 0.05) is 18.8 Å². The maximum atomic E-state index is 12.6. The summed E-state index contributed by atoms with van der Waals surface area (Å²) in [7, 11) is 0. The number of alkyl halides is 3. The van der Waals surface area contributed by atoms with Crippen LogP contribution in [0.1, 0.15) is 25.6 Å². The lowest BCUT2D eigenvalue weighted by atomic mass is 10.1. The molecule has 3 nitrogen and oxygen atoms in total. The molecule has 1 aromatic heterocycles. The van der Waals surface area contributed by atoms with Crippen LogP contribution in [0.25, 0.3) is 0 Å². The molecule has 0 spiro atoms. The Labute approximate surface area is 105 Å². The van der Waals surface area contributed by atoms with Crippen LogP contribution in [0.2, 0.25) is 0 Å². The van der Waals surface area contributed by atoms with E-state index in [0.717, 1.165) is 0 Å². The van der Waals surface area contributed by atoms with E-state index in [0.29, 0.717) is 5.69 Å². The van der Waals surface area contributed by atoms with Crippen molar-refractivity contribution in [1.82, 2.24) is 9.88 Å². The van der Waals surface area contributed by atoms with Crippen LogP contribution in [0, 0.1) is 0 Å². The summed E-state index contributed by atoms with van der Waals surface area (Å²) >= 11 is 0. The topological polar surface area (TPSA) is 42.1 Å². The van der Waals surface area contributed by atoms with Crippen LogP contribution in [0.3, 0.4) is 0 Å². The summed E-state index contributed by atoms with van der Waals surface area (Å²) in [4.78, 5) is 5.42. The number of nitrogens with zero attached hydrogens (tertiary/aromatic N) is 2. The minimum absolute atomic E-state index is 0.102. The van der Waals surface area contributed by atoms with Crippen LogP contribution < -0.4 is 5.73 Å². The lowest BCUT2D eigenvalue weighted by Crippen LogP contribution is -2.44. The van der Waals surface area contributed by atoms with E-state index in [9.17, 15) is 13.2 Å². The van der Waals surface area contributed by atoms with Gasteiger partial charge in [-0.25, -0.2) is 0 Å². The Bertz CT molecular complexity index is 351. The van der Waals surface area contributed by atoms with Crippen molar-refractivity contribution in [3.8, 4) is 0 Å². The van der Waals surface area contributed by atoms with Gasteiger partial charge in [0.2, 0.25) is 0 Å². The minimum Gasteiger partial charge on any atom is -0.329 e. The second kappa shape index (κ2) is 6.15. The minimum atomic E-state index is -4.24. The first kappa shape index (κ1) is 14.9. The monoisotopic (exact) mass is 261 g/mol. The van der Waals surface area contributed by atoms with E-state index in [1.807, 2.05) is 0 Å². The molecule has 1 atom stereocenters. The van der Waals surface area contributed by atoms with Crippen molar-refractivity contribution in [3.63, 3.8) is 0 Å². The zero-order chi connectivity index (χ0) is 13.8. The predicted octanol–water partition coefficient (Wildman–Crippen LogP) is 2.35. The fourth-order valence-electron chi connectivity index (χ4n) is 1.86. The number of nitrogens with two attached hydrogens (primary N) is 1. The summed E-state index contributed by atoms with van der Waals surface area (Å²) in [6, 6.07) is 4.39. The van der Waals surface area contributed by atoms with Crippen LogP contribution in [0.5, 0.6) is 0 Å². The largest absolute Gasteiger partial charge is 0.401 e. The molecule has 0 amide bonds. The third kappa shape index (κ3) is 4.27. The number of hydrogen-bond donors (Lipinski definition) is 1. The third-order valence-electron chi connectivity index (χ3n) is 2.68. The zero-order valence-corrected chi connectivity index (χ0v) is 10.5. The highest BCUT2D eigenvalue weighted by Crippen LogP contribution is 2.26. The van der Waals surface area contributed by atoms with Crippen LogP contribution in [-0.2, 0) is 0 Å². The maximum Gasteiger partial charge on any atom is 0.401 e. The molecule has 0 aliphatic rings. The predicted molar refractivity (Wildman–Crippen MR) is 63.9 cm³/mol. The number of halogens is 3. The molecule has 18 heavy (non-hydrogen) atoms. The summed E-state index contributed by atoms with van der Waals surface area (Å²) in [6.45, 7) is 2.56. The van der Waals surface area contributed by atoms with Gasteiger partial charge in [-0.1, -0.05) is 6.07 Å². The molecule has 1 aromatic rings. The van der Waals surface area contributed by atoms with E-state index in [1.54, 1.807) is 38.2 Å². The standard InChI is InChI=1S/C12H18F3N3/c1-9(2)18(8-12(13,14)15)11(7-16)10-5-3-4-6-17-10/h3-6,9,11H,7-8,16H2,1-2H3. The first-order valence-corrected chi connectivity index (χ1v) is 5.78. The molecule has 0 fully saturated rings. The molecule has 6 heteroatoms. The quantitative estimate of drug-likeness (QED) is 0.884. The average molecular weight is 261 g/mol. The van der Waals surface area contributed by atoms with Crippen molar-refractivity contribution >= 4 is 0 Å². The summed E-state index contributed by atoms with van der Waals surface area (Å²) in [5.74, 6) is 0. The van der Waals surface area contributed by atoms with Crippen molar-refractivity contribution in [2.45, 2.75) is 32.1 Å². The van der Waals surface area contributed by atoms with Gasteiger partial charge in [0.25, 0.3) is 0 Å². The smallest absolute Gasteiger partial charge is 0.329 e. The summed E-state index contributed by atoms with van der Waals surface area (Å²) in [5, 5.41) is 0. The van der Waals surface area contributed by atoms with Gasteiger partial charge >= 0.3 is 6.18 Å². The van der Waals surface area contributed by atoms with Gasteiger partial charge in [-0.15, -0.1) is 0 Å². The Morgan fingerprint density at radius 2 is 2.00 bits per heavy atom. The lowest BCUT2D eigenvalue weighted by molar-refractivity contribution is -0.155. The van der Waals surface area contributed by atoms with E-state index in [-0.39, 0.29) is 12.6 Å². The van der Waals surface area contributed by atoms with Crippen LogP contribution in [0.4, 0.5) is 13.2 Å². The van der Waals surface area contributed by atoms with Crippen LogP contribution >= 0.6 is 0 Å². The summed E-state index contributed by atoms with van der Waals surface area (Å²) < 4.78 is 37.7. The molecule has 1 rings (SSSR count). The van der Waals surface area contributed by atoms with Crippen molar-refractivity contribution in [2.24, 2.45) is 5.73 Å². The number of hydrogen-bond acceptors (Lipinski definition) is 3. The lowest BCUT2D eigenvalue weighted by Gasteiger charge is -2.34. The number of pyridine rings is 1. The highest BCUT2D eigenvalue weighted by atomic mass is 19.4. The van der Waals surface area contributed by atoms with Gasteiger partial charge in [0.05, 0.1) is 18.3 Å². The SMILES string of the molecule is CC(C)N(CC(F)(F)F)C(CN)c1ccccn1. The van der Waals surface area contributed by atoms with E-state index >= 15 is 0 Å². The molecule has 0 bridgehead atoms. The normalized spacial score (nSPS) is 14.2. The summed E-state index contributed by atoms with van der Waals surface area (Å²) in [5.41, 5.74) is 6.18. The van der Waals surface area contributed by atoms with Crippen LogP contribution in [0.15, 0.2) is 24.4 Å². The Kier molecular flexibility index (Phi) is 5.10. The number of rotatable bonds is 5. The zero-order valence-electron chi connectivity index (χ0n) is 10.5. The average Bonchev–Trinajstić information content (AvgIpc) is 2.28. The van der Waals surface area contributed by atoms with E-state index in [1.165, 1.54) is 4.90 Å². The first-order chi connectivity index (χ1) is 8.35. The molecule has 0 saturated carbocycles. The molecule has 0 saturated heterocycles. The Hall–Kier alpha value is -1.14. The van der Waals surface area contributed by atoms with Crippen molar-refractivity contribution in [3.05, 3.63) is 30.1 Å². The molecule has 1 unspecified atom stereocenters. The fourth-order valence-corrected chi connectivity index (χ4v) is 1.86. The van der Waals surface area contributed by atoms with Crippen molar-refractivity contribution < 1.29 is 13.2 Å². The molecule has 102 valence electrons. The Morgan fingerprint density at radius 1 is 1.33 bits per heavy atom. The van der Waals surface area contributed by atoms with Gasteiger partial charge in [0.1, 0.15) is 0 Å². The van der Waals surface area contributed by atoms with E-state index in [2.05, 4.69) is 4.98 Å². The molecule has 0 aliphatic carbocycles. The molecular formula is C12H18F3N3. The Balaban J connectivity index is 2.95. The highest BCUT2D eigenvalue weighted by molar-refractivity contribution is 5.10.